The summed E-state index contributed by atoms with van der Waals surface area (Å²) in [5.74, 6) is 0.794. The Balaban J connectivity index is 2.11. The molecular weight excluding hydrogens is 266 g/mol. The number of hydrogen-bond acceptors (Lipinski definition) is 4. The highest BCUT2D eigenvalue weighted by Crippen LogP contribution is 2.27. The van der Waals surface area contributed by atoms with E-state index < -0.39 is 0 Å². The van der Waals surface area contributed by atoms with Crippen molar-refractivity contribution in [3.8, 4) is 5.75 Å². The van der Waals surface area contributed by atoms with E-state index in [9.17, 15) is 5.11 Å². The molecule has 19 heavy (non-hydrogen) atoms. The van der Waals surface area contributed by atoms with Gasteiger partial charge in [-0.2, -0.15) is 0 Å². The van der Waals surface area contributed by atoms with Crippen molar-refractivity contribution in [3.63, 3.8) is 0 Å². The van der Waals surface area contributed by atoms with Crippen LogP contribution in [0.4, 0.5) is 0 Å². The molecule has 0 bridgehead atoms. The van der Waals surface area contributed by atoms with Gasteiger partial charge in [-0.1, -0.05) is 11.6 Å². The lowest BCUT2D eigenvalue weighted by Crippen LogP contribution is -2.32. The Bertz CT molecular complexity index is 427. The first-order valence-corrected chi connectivity index (χ1v) is 6.75. The predicted octanol–water partition coefficient (Wildman–Crippen LogP) is 1.93. The zero-order valence-corrected chi connectivity index (χ0v) is 12.1. The molecule has 1 heterocycles. The number of halogens is 1. The molecule has 1 saturated heterocycles. The Morgan fingerprint density at radius 2 is 2.21 bits per heavy atom. The number of benzene rings is 1. The number of likely N-dealkylation sites (tertiary alicyclic amines) is 1. The zero-order valence-electron chi connectivity index (χ0n) is 11.3. The summed E-state index contributed by atoms with van der Waals surface area (Å²) < 4.78 is 10.6. The number of rotatable bonds is 5. The quantitative estimate of drug-likeness (QED) is 0.898. The lowest BCUT2D eigenvalue weighted by molar-refractivity contribution is 0.107. The van der Waals surface area contributed by atoms with Crippen molar-refractivity contribution in [1.82, 2.24) is 4.90 Å². The summed E-state index contributed by atoms with van der Waals surface area (Å²) >= 11 is 6.22. The van der Waals surface area contributed by atoms with E-state index in [-0.39, 0.29) is 18.8 Å². The summed E-state index contributed by atoms with van der Waals surface area (Å²) in [5, 5.41) is 10.2. The van der Waals surface area contributed by atoms with Gasteiger partial charge in [0.15, 0.2) is 0 Å². The molecule has 1 N–H and O–H groups in total. The molecule has 0 amide bonds. The van der Waals surface area contributed by atoms with Gasteiger partial charge in [-0.3, -0.25) is 4.90 Å². The van der Waals surface area contributed by atoms with Crippen molar-refractivity contribution >= 4 is 11.6 Å². The largest absolute Gasteiger partial charge is 0.497 e. The van der Waals surface area contributed by atoms with E-state index in [0.717, 1.165) is 29.3 Å². The van der Waals surface area contributed by atoms with Crippen LogP contribution in [0.3, 0.4) is 0 Å². The average Bonchev–Trinajstić information content (AvgIpc) is 2.83. The van der Waals surface area contributed by atoms with Gasteiger partial charge in [0.1, 0.15) is 5.75 Å². The highest BCUT2D eigenvalue weighted by atomic mass is 35.5. The fraction of sp³-hybridized carbons (Fsp3) is 0.571. The standard InChI is InChI=1S/C14H20ClNO3/c1-18-12-3-4-14(15)10(5-12)7-16-8-13(19-2)6-11(16)9-17/h3-5,11,13,17H,6-9H2,1-2H3/t11-,13+/m0/s1. The van der Waals surface area contributed by atoms with Gasteiger partial charge in [-0.15, -0.1) is 0 Å². The van der Waals surface area contributed by atoms with Gasteiger partial charge >= 0.3 is 0 Å². The molecule has 0 spiro atoms. The van der Waals surface area contributed by atoms with Crippen LogP contribution in [0.5, 0.6) is 5.75 Å². The van der Waals surface area contributed by atoms with Crippen LogP contribution in [-0.4, -0.2) is 49.5 Å². The molecule has 1 aliphatic rings. The van der Waals surface area contributed by atoms with Crippen LogP contribution in [0.25, 0.3) is 0 Å². The predicted molar refractivity (Wildman–Crippen MR) is 74.7 cm³/mol. The minimum Gasteiger partial charge on any atom is -0.497 e. The summed E-state index contributed by atoms with van der Waals surface area (Å²) in [6.07, 6.45) is 1.04. The molecule has 0 aliphatic carbocycles. The summed E-state index contributed by atoms with van der Waals surface area (Å²) in [6, 6.07) is 5.76. The smallest absolute Gasteiger partial charge is 0.119 e. The van der Waals surface area contributed by atoms with Crippen molar-refractivity contribution in [3.05, 3.63) is 28.8 Å². The molecule has 2 atom stereocenters. The Labute approximate surface area is 118 Å². The minimum atomic E-state index is 0.132. The maximum absolute atomic E-state index is 9.44. The van der Waals surface area contributed by atoms with E-state index in [1.54, 1.807) is 14.2 Å². The van der Waals surface area contributed by atoms with Gasteiger partial charge in [0.05, 0.1) is 19.8 Å². The van der Waals surface area contributed by atoms with Crippen molar-refractivity contribution in [2.24, 2.45) is 0 Å². The van der Waals surface area contributed by atoms with E-state index in [2.05, 4.69) is 4.90 Å². The maximum atomic E-state index is 9.44. The minimum absolute atomic E-state index is 0.132. The first-order chi connectivity index (χ1) is 9.17. The maximum Gasteiger partial charge on any atom is 0.119 e. The second-order valence-corrected chi connectivity index (χ2v) is 5.22. The SMILES string of the molecule is COc1ccc(Cl)c(CN2C[C@H](OC)C[C@H]2CO)c1. The Morgan fingerprint density at radius 1 is 1.42 bits per heavy atom. The van der Waals surface area contributed by atoms with Crippen molar-refractivity contribution in [2.45, 2.75) is 25.1 Å². The van der Waals surface area contributed by atoms with Gasteiger partial charge in [-0.25, -0.2) is 0 Å². The summed E-state index contributed by atoms with van der Waals surface area (Å²) in [5.41, 5.74) is 1.01. The van der Waals surface area contributed by atoms with Gasteiger partial charge in [0.2, 0.25) is 0 Å². The number of nitrogens with zero attached hydrogens (tertiary/aromatic N) is 1. The van der Waals surface area contributed by atoms with Gasteiger partial charge < -0.3 is 14.6 Å². The van der Waals surface area contributed by atoms with Gasteiger partial charge in [0, 0.05) is 31.3 Å². The second kappa shape index (κ2) is 6.57. The van der Waals surface area contributed by atoms with Gasteiger partial charge in [-0.05, 0) is 30.2 Å². The fourth-order valence-corrected chi connectivity index (χ4v) is 2.69. The summed E-state index contributed by atoms with van der Waals surface area (Å²) in [6.45, 7) is 1.65. The molecular formula is C14H20ClNO3. The van der Waals surface area contributed by atoms with Gasteiger partial charge in [0.25, 0.3) is 0 Å². The number of ether oxygens (including phenoxy) is 2. The Kier molecular flexibility index (Phi) is 5.05. The van der Waals surface area contributed by atoms with Crippen molar-refractivity contribution in [2.75, 3.05) is 27.4 Å². The molecule has 1 aromatic rings. The molecule has 0 aromatic heterocycles. The molecule has 0 saturated carbocycles. The molecule has 1 aliphatic heterocycles. The summed E-state index contributed by atoms with van der Waals surface area (Å²) in [4.78, 5) is 2.20. The van der Waals surface area contributed by atoms with E-state index in [4.69, 9.17) is 21.1 Å². The average molecular weight is 286 g/mol. The highest BCUT2D eigenvalue weighted by Gasteiger charge is 2.31. The molecule has 0 unspecified atom stereocenters. The van der Waals surface area contributed by atoms with Crippen molar-refractivity contribution < 1.29 is 14.6 Å². The highest BCUT2D eigenvalue weighted by molar-refractivity contribution is 6.31. The third-order valence-corrected chi connectivity index (χ3v) is 4.03. The molecule has 106 valence electrons. The molecule has 5 heteroatoms. The van der Waals surface area contributed by atoms with Crippen LogP contribution >= 0.6 is 11.6 Å². The van der Waals surface area contributed by atoms with Crippen LogP contribution in [0.15, 0.2) is 18.2 Å². The lowest BCUT2D eigenvalue weighted by Gasteiger charge is -2.23. The normalized spacial score (nSPS) is 23.8. The van der Waals surface area contributed by atoms with Crippen LogP contribution in [0.1, 0.15) is 12.0 Å². The Morgan fingerprint density at radius 3 is 2.84 bits per heavy atom. The first kappa shape index (κ1) is 14.6. The van der Waals surface area contributed by atoms with E-state index in [1.807, 2.05) is 18.2 Å². The monoisotopic (exact) mass is 285 g/mol. The summed E-state index contributed by atoms with van der Waals surface area (Å²) in [7, 11) is 3.35. The third kappa shape index (κ3) is 3.39. The third-order valence-electron chi connectivity index (χ3n) is 3.66. The molecule has 1 fully saturated rings. The number of aliphatic hydroxyl groups excluding tert-OH is 1. The number of aliphatic hydroxyl groups is 1. The number of methoxy groups -OCH3 is 2. The van der Waals surface area contributed by atoms with Crippen LogP contribution < -0.4 is 4.74 Å². The molecule has 2 rings (SSSR count). The van der Waals surface area contributed by atoms with E-state index >= 15 is 0 Å². The van der Waals surface area contributed by atoms with E-state index in [1.165, 1.54) is 0 Å². The van der Waals surface area contributed by atoms with E-state index in [0.29, 0.717) is 6.54 Å². The topological polar surface area (TPSA) is 41.9 Å². The van der Waals surface area contributed by atoms with Crippen LogP contribution in [-0.2, 0) is 11.3 Å². The van der Waals surface area contributed by atoms with Crippen molar-refractivity contribution in [1.29, 1.82) is 0 Å². The second-order valence-electron chi connectivity index (χ2n) is 4.82. The first-order valence-electron chi connectivity index (χ1n) is 6.38. The van der Waals surface area contributed by atoms with Crippen LogP contribution in [0, 0.1) is 0 Å². The number of hydrogen-bond donors (Lipinski definition) is 1. The fourth-order valence-electron chi connectivity index (χ4n) is 2.51. The zero-order chi connectivity index (χ0) is 13.8. The Hall–Kier alpha value is -0.810. The lowest BCUT2D eigenvalue weighted by atomic mass is 10.1. The molecule has 1 aromatic carbocycles. The van der Waals surface area contributed by atoms with Crippen LogP contribution in [0.2, 0.25) is 5.02 Å². The molecule has 0 radical (unpaired) electrons. The molecule has 4 nitrogen and oxygen atoms in total.